The van der Waals surface area contributed by atoms with E-state index in [-0.39, 0.29) is 0 Å². The van der Waals surface area contributed by atoms with Crippen LogP contribution in [0, 0.1) is 11.3 Å². The molecular weight excluding hydrogens is 238 g/mol. The van der Waals surface area contributed by atoms with Crippen molar-refractivity contribution in [2.24, 2.45) is 0 Å². The van der Waals surface area contributed by atoms with Crippen LogP contribution < -0.4 is 5.32 Å². The second-order valence-electron chi connectivity index (χ2n) is 3.90. The summed E-state index contributed by atoms with van der Waals surface area (Å²) in [6.07, 6.45) is 4.71. The molecule has 3 aromatic rings. The molecule has 0 spiro atoms. The van der Waals surface area contributed by atoms with Gasteiger partial charge in [-0.3, -0.25) is 4.98 Å². The molecule has 0 radical (unpaired) electrons. The van der Waals surface area contributed by atoms with Crippen molar-refractivity contribution in [2.75, 3.05) is 5.32 Å². The van der Waals surface area contributed by atoms with Gasteiger partial charge in [0.1, 0.15) is 11.9 Å². The van der Waals surface area contributed by atoms with Crippen LogP contribution in [-0.2, 0) is 0 Å². The molecule has 0 saturated heterocycles. The molecule has 19 heavy (non-hydrogen) atoms. The Morgan fingerprint density at radius 2 is 1.89 bits per heavy atom. The third kappa shape index (κ3) is 2.19. The van der Waals surface area contributed by atoms with Crippen LogP contribution >= 0.6 is 0 Å². The molecule has 0 saturated carbocycles. The smallest absolute Gasteiger partial charge is 0.158 e. The highest BCUT2D eigenvalue weighted by molar-refractivity contribution is 5.91. The van der Waals surface area contributed by atoms with E-state index in [2.05, 4.69) is 20.3 Å². The zero-order chi connectivity index (χ0) is 13.1. The molecule has 0 bridgehead atoms. The van der Waals surface area contributed by atoms with Crippen molar-refractivity contribution >= 4 is 22.4 Å². The SMILES string of the molecule is N#Cc1cnc(Nc2cccc3cccnc23)cn1. The lowest BCUT2D eigenvalue weighted by molar-refractivity contribution is 1.16. The number of nitriles is 1. The summed E-state index contributed by atoms with van der Waals surface area (Å²) in [7, 11) is 0. The van der Waals surface area contributed by atoms with Gasteiger partial charge in [-0.1, -0.05) is 18.2 Å². The van der Waals surface area contributed by atoms with Crippen LogP contribution in [0.15, 0.2) is 48.9 Å². The first-order chi connectivity index (χ1) is 9.36. The van der Waals surface area contributed by atoms with Gasteiger partial charge in [0.25, 0.3) is 0 Å². The van der Waals surface area contributed by atoms with E-state index in [4.69, 9.17) is 5.26 Å². The van der Waals surface area contributed by atoms with Crippen molar-refractivity contribution in [3.05, 3.63) is 54.6 Å². The fourth-order valence-electron chi connectivity index (χ4n) is 1.79. The monoisotopic (exact) mass is 247 g/mol. The van der Waals surface area contributed by atoms with Gasteiger partial charge >= 0.3 is 0 Å². The average Bonchev–Trinajstić information content (AvgIpc) is 2.48. The maximum Gasteiger partial charge on any atom is 0.158 e. The van der Waals surface area contributed by atoms with Crippen LogP contribution in [0.3, 0.4) is 0 Å². The summed E-state index contributed by atoms with van der Waals surface area (Å²) in [5.41, 5.74) is 2.02. The summed E-state index contributed by atoms with van der Waals surface area (Å²) in [5.74, 6) is 0.581. The molecule has 5 heteroatoms. The Labute approximate surface area is 109 Å². The van der Waals surface area contributed by atoms with Crippen molar-refractivity contribution < 1.29 is 0 Å². The number of nitrogens with one attached hydrogen (secondary N) is 1. The van der Waals surface area contributed by atoms with Gasteiger partial charge in [-0.15, -0.1) is 0 Å². The second kappa shape index (κ2) is 4.70. The molecule has 0 fully saturated rings. The van der Waals surface area contributed by atoms with Crippen molar-refractivity contribution in [1.82, 2.24) is 15.0 Å². The molecule has 3 rings (SSSR count). The number of hydrogen-bond acceptors (Lipinski definition) is 5. The van der Waals surface area contributed by atoms with Gasteiger partial charge in [-0.05, 0) is 12.1 Å². The van der Waals surface area contributed by atoms with Gasteiger partial charge in [0.2, 0.25) is 0 Å². The Hall–Kier alpha value is -3.00. The first-order valence-electron chi connectivity index (χ1n) is 5.70. The summed E-state index contributed by atoms with van der Waals surface area (Å²) in [6.45, 7) is 0. The van der Waals surface area contributed by atoms with Crippen LogP contribution in [0.25, 0.3) is 10.9 Å². The third-order valence-electron chi connectivity index (χ3n) is 2.66. The maximum atomic E-state index is 8.68. The number of para-hydroxylation sites is 1. The van der Waals surface area contributed by atoms with Crippen molar-refractivity contribution in [1.29, 1.82) is 5.26 Å². The van der Waals surface area contributed by atoms with Crippen LogP contribution in [0.2, 0.25) is 0 Å². The van der Waals surface area contributed by atoms with Crippen LogP contribution in [-0.4, -0.2) is 15.0 Å². The zero-order valence-electron chi connectivity index (χ0n) is 9.91. The molecule has 90 valence electrons. The maximum absolute atomic E-state index is 8.68. The topological polar surface area (TPSA) is 74.5 Å². The molecule has 1 N–H and O–H groups in total. The Morgan fingerprint density at radius 3 is 2.68 bits per heavy atom. The van der Waals surface area contributed by atoms with E-state index in [1.54, 1.807) is 6.20 Å². The van der Waals surface area contributed by atoms with Crippen molar-refractivity contribution in [3.8, 4) is 6.07 Å². The summed E-state index contributed by atoms with van der Waals surface area (Å²) >= 11 is 0. The van der Waals surface area contributed by atoms with E-state index in [9.17, 15) is 0 Å². The van der Waals surface area contributed by atoms with Crippen LogP contribution in [0.1, 0.15) is 5.69 Å². The first-order valence-corrected chi connectivity index (χ1v) is 5.70. The fraction of sp³-hybridized carbons (Fsp3) is 0. The van der Waals surface area contributed by atoms with Gasteiger partial charge < -0.3 is 5.32 Å². The van der Waals surface area contributed by atoms with E-state index < -0.39 is 0 Å². The van der Waals surface area contributed by atoms with Crippen molar-refractivity contribution in [2.45, 2.75) is 0 Å². The lowest BCUT2D eigenvalue weighted by Crippen LogP contribution is -1.97. The molecule has 5 nitrogen and oxygen atoms in total. The predicted molar refractivity (Wildman–Crippen MR) is 71.8 cm³/mol. The molecule has 0 amide bonds. The van der Waals surface area contributed by atoms with Gasteiger partial charge in [-0.25, -0.2) is 9.97 Å². The van der Waals surface area contributed by atoms with Gasteiger partial charge in [0.15, 0.2) is 5.69 Å². The highest BCUT2D eigenvalue weighted by Gasteiger charge is 2.03. The standard InChI is InChI=1S/C14H9N5/c15-7-11-8-18-13(9-17-11)19-12-5-1-3-10-4-2-6-16-14(10)12/h1-6,8-9H,(H,18,19). The number of pyridine rings is 1. The summed E-state index contributed by atoms with van der Waals surface area (Å²) < 4.78 is 0. The number of anilines is 2. The summed E-state index contributed by atoms with van der Waals surface area (Å²) in [5, 5.41) is 12.9. The number of rotatable bonds is 2. The number of benzene rings is 1. The van der Waals surface area contributed by atoms with Gasteiger partial charge in [0, 0.05) is 11.6 Å². The quantitative estimate of drug-likeness (QED) is 0.753. The van der Waals surface area contributed by atoms with Gasteiger partial charge in [-0.2, -0.15) is 5.26 Å². The predicted octanol–water partition coefficient (Wildman–Crippen LogP) is 2.64. The van der Waals surface area contributed by atoms with E-state index in [0.29, 0.717) is 11.5 Å². The molecule has 2 aromatic heterocycles. The minimum absolute atomic E-state index is 0.293. The molecule has 0 aliphatic rings. The Bertz CT molecular complexity index is 753. The minimum Gasteiger partial charge on any atom is -0.337 e. The Kier molecular flexibility index (Phi) is 2.75. The lowest BCUT2D eigenvalue weighted by Gasteiger charge is -2.07. The fourth-order valence-corrected chi connectivity index (χ4v) is 1.79. The number of aromatic nitrogens is 3. The number of nitrogens with zero attached hydrogens (tertiary/aromatic N) is 4. The molecule has 0 aliphatic heterocycles. The summed E-state index contributed by atoms with van der Waals surface area (Å²) in [4.78, 5) is 12.4. The van der Waals surface area contributed by atoms with E-state index in [0.717, 1.165) is 16.6 Å². The van der Waals surface area contributed by atoms with Crippen LogP contribution in [0.4, 0.5) is 11.5 Å². The molecule has 0 atom stereocenters. The van der Waals surface area contributed by atoms with E-state index in [1.165, 1.54) is 12.4 Å². The Balaban J connectivity index is 1.99. The number of fused-ring (bicyclic) bond motifs is 1. The molecule has 2 heterocycles. The highest BCUT2D eigenvalue weighted by Crippen LogP contribution is 2.23. The highest BCUT2D eigenvalue weighted by atomic mass is 15.0. The van der Waals surface area contributed by atoms with Gasteiger partial charge in [0.05, 0.1) is 23.6 Å². The lowest BCUT2D eigenvalue weighted by atomic mass is 10.2. The molecule has 0 aliphatic carbocycles. The average molecular weight is 247 g/mol. The number of hydrogen-bond donors (Lipinski definition) is 1. The third-order valence-corrected chi connectivity index (χ3v) is 2.66. The zero-order valence-corrected chi connectivity index (χ0v) is 9.91. The molecule has 0 unspecified atom stereocenters. The largest absolute Gasteiger partial charge is 0.337 e. The van der Waals surface area contributed by atoms with E-state index >= 15 is 0 Å². The van der Waals surface area contributed by atoms with E-state index in [1.807, 2.05) is 36.4 Å². The first kappa shape index (κ1) is 11.1. The molecule has 1 aromatic carbocycles. The second-order valence-corrected chi connectivity index (χ2v) is 3.90. The van der Waals surface area contributed by atoms with Crippen LogP contribution in [0.5, 0.6) is 0 Å². The van der Waals surface area contributed by atoms with Crippen molar-refractivity contribution in [3.63, 3.8) is 0 Å². The normalized spacial score (nSPS) is 10.1. The summed E-state index contributed by atoms with van der Waals surface area (Å²) in [6, 6.07) is 11.7. The Morgan fingerprint density at radius 1 is 1.00 bits per heavy atom. The molecular formula is C14H9N5. The minimum atomic E-state index is 0.293.